The molecule has 0 aliphatic heterocycles. The van der Waals surface area contributed by atoms with Crippen LogP contribution in [-0.4, -0.2) is 11.7 Å². The summed E-state index contributed by atoms with van der Waals surface area (Å²) in [6.07, 6.45) is 0. The van der Waals surface area contributed by atoms with Gasteiger partial charge >= 0.3 is 0 Å². The van der Waals surface area contributed by atoms with E-state index in [1.54, 1.807) is 18.2 Å². The highest BCUT2D eigenvalue weighted by Gasteiger charge is 2.09. The second kappa shape index (κ2) is 7.33. The summed E-state index contributed by atoms with van der Waals surface area (Å²) in [5.74, 6) is 5.02. The lowest BCUT2D eigenvalue weighted by molar-refractivity contribution is 0.304. The highest BCUT2D eigenvalue weighted by molar-refractivity contribution is 6.35. The van der Waals surface area contributed by atoms with Crippen LogP contribution in [0.4, 0.5) is 4.39 Å². The average molecular weight is 325 g/mol. The molecule has 1 N–H and O–H groups in total. The first-order valence-electron chi connectivity index (χ1n) is 6.07. The maximum Gasteiger partial charge on any atom is 0.138 e. The van der Waals surface area contributed by atoms with Crippen molar-refractivity contribution >= 4 is 23.2 Å². The Labute approximate surface area is 132 Å². The number of ether oxygens (including phenoxy) is 1. The molecule has 5 heteroatoms. The molecule has 0 amide bonds. The molecule has 0 unspecified atom stereocenters. The molecule has 21 heavy (non-hydrogen) atoms. The quantitative estimate of drug-likeness (QED) is 0.863. The number of hydrogen-bond donors (Lipinski definition) is 1. The lowest BCUT2D eigenvalue weighted by Gasteiger charge is -2.11. The van der Waals surface area contributed by atoms with Crippen molar-refractivity contribution in [1.82, 2.24) is 0 Å². The number of halogens is 3. The minimum Gasteiger partial charge on any atom is -0.487 e. The van der Waals surface area contributed by atoms with Crippen LogP contribution in [0.15, 0.2) is 36.4 Å². The Hall–Kier alpha value is -1.73. The van der Waals surface area contributed by atoms with Gasteiger partial charge in [-0.1, -0.05) is 41.1 Å². The molecule has 0 aromatic heterocycles. The molecular weight excluding hydrogens is 314 g/mol. The van der Waals surface area contributed by atoms with Crippen molar-refractivity contribution in [2.24, 2.45) is 0 Å². The molecule has 0 bridgehead atoms. The summed E-state index contributed by atoms with van der Waals surface area (Å²) < 4.78 is 18.9. The van der Waals surface area contributed by atoms with E-state index in [4.69, 9.17) is 33.0 Å². The van der Waals surface area contributed by atoms with Crippen LogP contribution in [0.5, 0.6) is 5.75 Å². The van der Waals surface area contributed by atoms with Crippen molar-refractivity contribution in [3.8, 4) is 17.6 Å². The Balaban J connectivity index is 2.25. The van der Waals surface area contributed by atoms with Crippen molar-refractivity contribution in [1.29, 1.82) is 0 Å². The van der Waals surface area contributed by atoms with Crippen molar-refractivity contribution in [2.45, 2.75) is 6.61 Å². The fourth-order valence-electron chi connectivity index (χ4n) is 1.67. The van der Waals surface area contributed by atoms with Gasteiger partial charge in [0.2, 0.25) is 0 Å². The van der Waals surface area contributed by atoms with E-state index in [1.807, 2.05) is 0 Å². The topological polar surface area (TPSA) is 29.5 Å². The Bertz CT molecular complexity index is 685. The van der Waals surface area contributed by atoms with Gasteiger partial charge in [0.15, 0.2) is 0 Å². The maximum absolute atomic E-state index is 13.3. The molecule has 108 valence electrons. The van der Waals surface area contributed by atoms with E-state index in [1.165, 1.54) is 18.2 Å². The Morgan fingerprint density at radius 1 is 1.14 bits per heavy atom. The molecule has 2 aromatic rings. The summed E-state index contributed by atoms with van der Waals surface area (Å²) in [5, 5.41) is 9.68. The fourth-order valence-corrected chi connectivity index (χ4v) is 2.18. The lowest BCUT2D eigenvalue weighted by atomic mass is 10.2. The number of aliphatic hydroxyl groups is 1. The van der Waals surface area contributed by atoms with Gasteiger partial charge in [0.1, 0.15) is 24.8 Å². The van der Waals surface area contributed by atoms with E-state index in [0.29, 0.717) is 21.2 Å². The summed E-state index contributed by atoms with van der Waals surface area (Å²) in [7, 11) is 0. The first-order valence-corrected chi connectivity index (χ1v) is 6.82. The SMILES string of the molecule is OCC#Cc1ccc(F)cc1OCc1c(Cl)cccc1Cl. The number of rotatable bonds is 3. The van der Waals surface area contributed by atoms with Gasteiger partial charge in [0.05, 0.1) is 5.56 Å². The van der Waals surface area contributed by atoms with Crippen LogP contribution in [0.25, 0.3) is 0 Å². The molecule has 0 heterocycles. The average Bonchev–Trinajstić information content (AvgIpc) is 2.46. The minimum atomic E-state index is -0.440. The standard InChI is InChI=1S/C16H11Cl2FO2/c17-14-4-1-5-15(18)13(14)10-21-16-9-12(19)7-6-11(16)3-2-8-20/h1,4-7,9,20H,8,10H2. The van der Waals surface area contributed by atoms with Crippen LogP contribution in [0, 0.1) is 17.7 Å². The third-order valence-corrected chi connectivity index (χ3v) is 3.39. The van der Waals surface area contributed by atoms with Crippen LogP contribution >= 0.6 is 23.2 Å². The van der Waals surface area contributed by atoms with Crippen LogP contribution < -0.4 is 4.74 Å². The molecule has 0 saturated heterocycles. The highest BCUT2D eigenvalue weighted by atomic mass is 35.5. The van der Waals surface area contributed by atoms with E-state index in [-0.39, 0.29) is 19.0 Å². The maximum atomic E-state index is 13.3. The second-order valence-electron chi connectivity index (χ2n) is 4.09. The van der Waals surface area contributed by atoms with Gasteiger partial charge in [-0.15, -0.1) is 0 Å². The summed E-state index contributed by atoms with van der Waals surface area (Å²) in [6.45, 7) is -0.192. The minimum absolute atomic E-state index is 0.0930. The molecule has 2 aromatic carbocycles. The normalized spacial score (nSPS) is 9.90. The molecule has 2 rings (SSSR count). The van der Waals surface area contributed by atoms with Gasteiger partial charge < -0.3 is 9.84 Å². The summed E-state index contributed by atoms with van der Waals surface area (Å²) >= 11 is 12.1. The van der Waals surface area contributed by atoms with Crippen LogP contribution in [0.1, 0.15) is 11.1 Å². The number of hydrogen-bond acceptors (Lipinski definition) is 2. The van der Waals surface area contributed by atoms with Crippen LogP contribution in [0.3, 0.4) is 0 Å². The zero-order chi connectivity index (χ0) is 15.2. The summed E-state index contributed by atoms with van der Waals surface area (Å²) in [6, 6.07) is 9.12. The van der Waals surface area contributed by atoms with Gasteiger partial charge in [-0.2, -0.15) is 0 Å². The molecule has 0 radical (unpaired) electrons. The Morgan fingerprint density at radius 3 is 2.52 bits per heavy atom. The largest absolute Gasteiger partial charge is 0.487 e. The van der Waals surface area contributed by atoms with Gasteiger partial charge in [-0.05, 0) is 24.3 Å². The van der Waals surface area contributed by atoms with E-state index >= 15 is 0 Å². The summed E-state index contributed by atoms with van der Waals surface area (Å²) in [4.78, 5) is 0. The Kier molecular flexibility index (Phi) is 5.46. The fraction of sp³-hybridized carbons (Fsp3) is 0.125. The molecule has 0 aliphatic rings. The highest BCUT2D eigenvalue weighted by Crippen LogP contribution is 2.27. The Morgan fingerprint density at radius 2 is 1.86 bits per heavy atom. The van der Waals surface area contributed by atoms with Crippen molar-refractivity contribution < 1.29 is 14.2 Å². The van der Waals surface area contributed by atoms with Crippen LogP contribution in [-0.2, 0) is 6.61 Å². The zero-order valence-electron chi connectivity index (χ0n) is 10.9. The monoisotopic (exact) mass is 324 g/mol. The first-order chi connectivity index (χ1) is 10.1. The predicted molar refractivity (Wildman–Crippen MR) is 81.2 cm³/mol. The predicted octanol–water partition coefficient (Wildman–Crippen LogP) is 4.06. The van der Waals surface area contributed by atoms with Gasteiger partial charge in [0, 0.05) is 21.7 Å². The number of benzene rings is 2. The first kappa shape index (κ1) is 15.7. The smallest absolute Gasteiger partial charge is 0.138 e. The summed E-state index contributed by atoms with van der Waals surface area (Å²) in [5.41, 5.74) is 1.10. The third-order valence-electron chi connectivity index (χ3n) is 2.68. The van der Waals surface area contributed by atoms with E-state index in [9.17, 15) is 4.39 Å². The van der Waals surface area contributed by atoms with E-state index in [2.05, 4.69) is 11.8 Å². The molecule has 0 atom stereocenters. The van der Waals surface area contributed by atoms with E-state index in [0.717, 1.165) is 0 Å². The molecular formula is C16H11Cl2FO2. The zero-order valence-corrected chi connectivity index (χ0v) is 12.4. The third kappa shape index (κ3) is 4.12. The van der Waals surface area contributed by atoms with Gasteiger partial charge in [-0.25, -0.2) is 4.39 Å². The van der Waals surface area contributed by atoms with Crippen LogP contribution in [0.2, 0.25) is 10.0 Å². The van der Waals surface area contributed by atoms with Crippen molar-refractivity contribution in [2.75, 3.05) is 6.61 Å². The molecule has 0 fully saturated rings. The molecule has 2 nitrogen and oxygen atoms in total. The van der Waals surface area contributed by atoms with Gasteiger partial charge in [0.25, 0.3) is 0 Å². The number of aliphatic hydroxyl groups excluding tert-OH is 1. The molecule has 0 spiro atoms. The van der Waals surface area contributed by atoms with Crippen molar-refractivity contribution in [3.05, 3.63) is 63.4 Å². The van der Waals surface area contributed by atoms with E-state index < -0.39 is 5.82 Å². The lowest BCUT2D eigenvalue weighted by Crippen LogP contribution is -1.99. The molecule has 0 aliphatic carbocycles. The second-order valence-corrected chi connectivity index (χ2v) is 4.90. The van der Waals surface area contributed by atoms with Crippen molar-refractivity contribution in [3.63, 3.8) is 0 Å². The molecule has 0 saturated carbocycles. The van der Waals surface area contributed by atoms with Gasteiger partial charge in [-0.3, -0.25) is 0 Å².